The number of hydrogen-bond acceptors (Lipinski definition) is 6. The van der Waals surface area contributed by atoms with Gasteiger partial charge in [0, 0.05) is 5.56 Å². The van der Waals surface area contributed by atoms with Crippen molar-refractivity contribution in [3.63, 3.8) is 0 Å². The van der Waals surface area contributed by atoms with E-state index in [1.807, 2.05) is 0 Å². The Bertz CT molecular complexity index is 619. The minimum absolute atomic E-state index is 0.0706. The van der Waals surface area contributed by atoms with Crippen LogP contribution < -0.4 is 14.9 Å². The highest BCUT2D eigenvalue weighted by atomic mass is 16.6. The summed E-state index contributed by atoms with van der Waals surface area (Å²) in [6, 6.07) is 3.03. The van der Waals surface area contributed by atoms with E-state index in [2.05, 4.69) is 10.5 Å². The first-order valence-corrected chi connectivity index (χ1v) is 6.70. The molecular weight excluding hydrogens is 304 g/mol. The third-order valence-electron chi connectivity index (χ3n) is 2.55. The van der Waals surface area contributed by atoms with Gasteiger partial charge in [0.15, 0.2) is 11.5 Å². The van der Waals surface area contributed by atoms with E-state index in [1.54, 1.807) is 26.8 Å². The van der Waals surface area contributed by atoms with Crippen molar-refractivity contribution >= 4 is 18.3 Å². The minimum Gasteiger partial charge on any atom is -0.493 e. The lowest BCUT2D eigenvalue weighted by atomic mass is 10.1. The summed E-state index contributed by atoms with van der Waals surface area (Å²) in [5.74, 6) is -0.858. The van der Waals surface area contributed by atoms with Crippen LogP contribution in [-0.4, -0.2) is 43.2 Å². The van der Waals surface area contributed by atoms with Gasteiger partial charge < -0.3 is 19.3 Å². The van der Waals surface area contributed by atoms with Crippen LogP contribution in [0.2, 0.25) is 0 Å². The van der Waals surface area contributed by atoms with Crippen LogP contribution in [0, 0.1) is 0 Å². The number of nitrogens with one attached hydrogen (secondary N) is 1. The van der Waals surface area contributed by atoms with Gasteiger partial charge in [-0.2, -0.15) is 5.10 Å². The second kappa shape index (κ2) is 7.48. The zero-order valence-corrected chi connectivity index (χ0v) is 13.7. The number of carbonyl (C=O) groups excluding carboxylic acids is 1. The van der Waals surface area contributed by atoms with Crippen molar-refractivity contribution < 1.29 is 28.9 Å². The molecule has 0 aliphatic heterocycles. The minimum atomic E-state index is -1.21. The molecule has 126 valence electrons. The normalized spacial score (nSPS) is 11.2. The van der Waals surface area contributed by atoms with Crippen molar-refractivity contribution in [1.82, 2.24) is 5.43 Å². The standard InChI is InChI=1S/C15H20N2O6/c1-15(2,3)23-14(20)17-16-8-9-6-7-10(21-4)12(22-5)11(9)13(18)19/h6-8H,1-5H3,(H,17,20)(H,18,19)/b16-8-. The Morgan fingerprint density at radius 2 is 1.87 bits per heavy atom. The predicted molar refractivity (Wildman–Crippen MR) is 83.5 cm³/mol. The molecule has 0 spiro atoms. The number of nitrogens with zero attached hydrogens (tertiary/aromatic N) is 1. The van der Waals surface area contributed by atoms with Crippen molar-refractivity contribution in [3.05, 3.63) is 23.3 Å². The number of benzene rings is 1. The van der Waals surface area contributed by atoms with Gasteiger partial charge in [-0.15, -0.1) is 0 Å². The van der Waals surface area contributed by atoms with Crippen LogP contribution in [0.3, 0.4) is 0 Å². The third kappa shape index (κ3) is 5.17. The number of hydrogen-bond donors (Lipinski definition) is 2. The number of hydrazone groups is 1. The lowest BCUT2D eigenvalue weighted by Gasteiger charge is -2.18. The molecule has 0 atom stereocenters. The Hall–Kier alpha value is -2.77. The van der Waals surface area contributed by atoms with Gasteiger partial charge in [-0.05, 0) is 32.9 Å². The highest BCUT2D eigenvalue weighted by Crippen LogP contribution is 2.32. The first-order valence-electron chi connectivity index (χ1n) is 6.70. The SMILES string of the molecule is COc1ccc(/C=N\NC(=O)OC(C)(C)C)c(C(=O)O)c1OC. The Balaban J connectivity index is 3.02. The van der Waals surface area contributed by atoms with Crippen LogP contribution in [0.25, 0.3) is 0 Å². The molecule has 1 amide bonds. The van der Waals surface area contributed by atoms with Crippen LogP contribution in [-0.2, 0) is 4.74 Å². The molecule has 8 nitrogen and oxygen atoms in total. The molecule has 0 heterocycles. The molecule has 0 aliphatic rings. The van der Waals surface area contributed by atoms with Gasteiger partial charge in [-0.1, -0.05) is 0 Å². The van der Waals surface area contributed by atoms with Crippen LogP contribution in [0.1, 0.15) is 36.7 Å². The molecule has 0 radical (unpaired) electrons. The number of carboxylic acid groups (broad SMARTS) is 1. The summed E-state index contributed by atoms with van der Waals surface area (Å²) < 4.78 is 15.2. The highest BCUT2D eigenvalue weighted by molar-refractivity contribution is 6.01. The molecule has 1 aromatic rings. The zero-order valence-electron chi connectivity index (χ0n) is 13.7. The molecule has 1 rings (SSSR count). The Labute approximate surface area is 134 Å². The molecule has 0 aliphatic carbocycles. The molecule has 0 aromatic heterocycles. The molecule has 23 heavy (non-hydrogen) atoms. The molecule has 8 heteroatoms. The van der Waals surface area contributed by atoms with Crippen LogP contribution in [0.5, 0.6) is 11.5 Å². The maximum absolute atomic E-state index is 11.5. The lowest BCUT2D eigenvalue weighted by molar-refractivity contribution is 0.0529. The molecular formula is C15H20N2O6. The molecule has 0 saturated heterocycles. The van der Waals surface area contributed by atoms with Crippen molar-refractivity contribution in [2.24, 2.45) is 5.10 Å². The molecule has 2 N–H and O–H groups in total. The zero-order chi connectivity index (χ0) is 17.6. The summed E-state index contributed by atoms with van der Waals surface area (Å²) in [5.41, 5.74) is 1.62. The fraction of sp³-hybridized carbons (Fsp3) is 0.400. The molecule has 0 fully saturated rings. The van der Waals surface area contributed by atoms with Gasteiger partial charge >= 0.3 is 12.1 Å². The van der Waals surface area contributed by atoms with Crippen LogP contribution >= 0.6 is 0 Å². The van der Waals surface area contributed by atoms with E-state index in [0.717, 1.165) is 0 Å². The van der Waals surface area contributed by atoms with E-state index in [0.29, 0.717) is 0 Å². The van der Waals surface area contributed by atoms with Crippen LogP contribution in [0.4, 0.5) is 4.79 Å². The second-order valence-corrected chi connectivity index (χ2v) is 5.44. The number of ether oxygens (including phenoxy) is 3. The summed E-state index contributed by atoms with van der Waals surface area (Å²) in [6.45, 7) is 5.15. The maximum Gasteiger partial charge on any atom is 0.428 e. The van der Waals surface area contributed by atoms with Gasteiger partial charge in [0.1, 0.15) is 11.2 Å². The largest absolute Gasteiger partial charge is 0.493 e. The average molecular weight is 324 g/mol. The van der Waals surface area contributed by atoms with Crippen molar-refractivity contribution in [3.8, 4) is 11.5 Å². The van der Waals surface area contributed by atoms with Crippen molar-refractivity contribution in [1.29, 1.82) is 0 Å². The predicted octanol–water partition coefficient (Wildman–Crippen LogP) is 2.26. The highest BCUT2D eigenvalue weighted by Gasteiger charge is 2.20. The Kier molecular flexibility index (Phi) is 5.94. The first-order chi connectivity index (χ1) is 10.7. The summed E-state index contributed by atoms with van der Waals surface area (Å²) in [5, 5.41) is 13.0. The van der Waals surface area contributed by atoms with Gasteiger partial charge in [-0.3, -0.25) is 0 Å². The maximum atomic E-state index is 11.5. The smallest absolute Gasteiger partial charge is 0.428 e. The molecule has 0 unspecified atom stereocenters. The Morgan fingerprint density at radius 1 is 1.22 bits per heavy atom. The van der Waals surface area contributed by atoms with Crippen molar-refractivity contribution in [2.45, 2.75) is 26.4 Å². The quantitative estimate of drug-likeness (QED) is 0.635. The van der Waals surface area contributed by atoms with E-state index in [1.165, 1.54) is 26.5 Å². The van der Waals surface area contributed by atoms with Gasteiger partial charge in [0.05, 0.1) is 20.4 Å². The fourth-order valence-electron chi connectivity index (χ4n) is 1.73. The number of carbonyl (C=O) groups is 2. The lowest BCUT2D eigenvalue weighted by Crippen LogP contribution is -2.29. The number of aromatic carboxylic acids is 1. The average Bonchev–Trinajstić information content (AvgIpc) is 2.44. The molecule has 0 bridgehead atoms. The number of amides is 1. The molecule has 1 aromatic carbocycles. The van der Waals surface area contributed by atoms with Gasteiger partial charge in [-0.25, -0.2) is 15.0 Å². The first kappa shape index (κ1) is 18.3. The summed E-state index contributed by atoms with van der Waals surface area (Å²) >= 11 is 0. The third-order valence-corrected chi connectivity index (χ3v) is 2.55. The summed E-state index contributed by atoms with van der Waals surface area (Å²) in [6.07, 6.45) is 0.445. The van der Waals surface area contributed by atoms with Gasteiger partial charge in [0.25, 0.3) is 0 Å². The second-order valence-electron chi connectivity index (χ2n) is 5.44. The van der Waals surface area contributed by atoms with Crippen LogP contribution in [0.15, 0.2) is 17.2 Å². The number of rotatable bonds is 5. The van der Waals surface area contributed by atoms with Crippen molar-refractivity contribution in [2.75, 3.05) is 14.2 Å². The van der Waals surface area contributed by atoms with E-state index in [9.17, 15) is 14.7 Å². The summed E-state index contributed by atoms with van der Waals surface area (Å²) in [7, 11) is 2.74. The van der Waals surface area contributed by atoms with E-state index in [4.69, 9.17) is 14.2 Å². The van der Waals surface area contributed by atoms with Gasteiger partial charge in [0.2, 0.25) is 0 Å². The Morgan fingerprint density at radius 3 is 2.35 bits per heavy atom. The van der Waals surface area contributed by atoms with E-state index in [-0.39, 0.29) is 22.6 Å². The fourth-order valence-corrected chi connectivity index (χ4v) is 1.73. The van der Waals surface area contributed by atoms with E-state index < -0.39 is 17.7 Å². The summed E-state index contributed by atoms with van der Waals surface area (Å²) in [4.78, 5) is 22.9. The number of carboxylic acids is 1. The van der Waals surface area contributed by atoms with E-state index >= 15 is 0 Å². The topological polar surface area (TPSA) is 106 Å². The number of methoxy groups -OCH3 is 2. The molecule has 0 saturated carbocycles. The monoisotopic (exact) mass is 324 g/mol.